The highest BCUT2D eigenvalue weighted by Gasteiger charge is 2.12. The Hall–Kier alpha value is -0.830. The number of hydrogen-bond acceptors (Lipinski definition) is 5. The van der Waals surface area contributed by atoms with E-state index >= 15 is 0 Å². The SMILES string of the molecule is O=C(Nc1nc(Cl)cc(Cl)n1)NS(=O)(=O)Cl. The number of anilines is 1. The molecule has 0 saturated carbocycles. The number of carbonyl (C=O) groups is 1. The zero-order valence-corrected chi connectivity index (χ0v) is 10.3. The molecule has 0 aliphatic carbocycles. The summed E-state index contributed by atoms with van der Waals surface area (Å²) in [6, 6.07) is 0.109. The first-order chi connectivity index (χ1) is 7.26. The summed E-state index contributed by atoms with van der Waals surface area (Å²) in [5.74, 6) is -0.254. The maximum atomic E-state index is 11.0. The molecule has 0 fully saturated rings. The first-order valence-corrected chi connectivity index (χ1v) is 6.56. The van der Waals surface area contributed by atoms with Crippen LogP contribution in [0.5, 0.6) is 0 Å². The van der Waals surface area contributed by atoms with Crippen molar-refractivity contribution in [3.63, 3.8) is 0 Å². The van der Waals surface area contributed by atoms with E-state index in [1.54, 1.807) is 0 Å². The molecule has 0 radical (unpaired) electrons. The Morgan fingerprint density at radius 3 is 2.19 bits per heavy atom. The molecule has 7 nitrogen and oxygen atoms in total. The third-order valence-electron chi connectivity index (χ3n) is 1.10. The predicted molar refractivity (Wildman–Crippen MR) is 59.0 cm³/mol. The van der Waals surface area contributed by atoms with Gasteiger partial charge in [0.1, 0.15) is 10.3 Å². The van der Waals surface area contributed by atoms with Gasteiger partial charge in [-0.05, 0) is 0 Å². The van der Waals surface area contributed by atoms with E-state index in [0.717, 1.165) is 0 Å². The molecule has 11 heteroatoms. The Morgan fingerprint density at radius 1 is 1.25 bits per heavy atom. The van der Waals surface area contributed by atoms with E-state index in [4.69, 9.17) is 33.9 Å². The minimum Gasteiger partial charge on any atom is -0.275 e. The average molecular weight is 306 g/mol. The Kier molecular flexibility index (Phi) is 4.14. The van der Waals surface area contributed by atoms with Crippen molar-refractivity contribution in [2.75, 3.05) is 5.32 Å². The number of aromatic nitrogens is 2. The maximum absolute atomic E-state index is 11.0. The molecule has 0 saturated heterocycles. The highest BCUT2D eigenvalue weighted by atomic mass is 35.7. The molecule has 0 bridgehead atoms. The van der Waals surface area contributed by atoms with Crippen molar-refractivity contribution in [1.29, 1.82) is 0 Å². The van der Waals surface area contributed by atoms with Crippen molar-refractivity contribution >= 4 is 55.1 Å². The summed E-state index contributed by atoms with van der Waals surface area (Å²) >= 11 is 11.0. The van der Waals surface area contributed by atoms with Gasteiger partial charge in [0.15, 0.2) is 0 Å². The predicted octanol–water partition coefficient (Wildman–Crippen LogP) is 1.39. The summed E-state index contributed by atoms with van der Waals surface area (Å²) in [7, 11) is 0.589. The Bertz CT molecular complexity index is 499. The van der Waals surface area contributed by atoms with Crippen LogP contribution in [0.3, 0.4) is 0 Å². The summed E-state index contributed by atoms with van der Waals surface area (Å²) in [5.41, 5.74) is 0. The average Bonchev–Trinajstić information content (AvgIpc) is 1.96. The lowest BCUT2D eigenvalue weighted by molar-refractivity contribution is 0.256. The van der Waals surface area contributed by atoms with Gasteiger partial charge in [-0.3, -0.25) is 5.32 Å². The van der Waals surface area contributed by atoms with Gasteiger partial charge < -0.3 is 0 Å². The van der Waals surface area contributed by atoms with Gasteiger partial charge >= 0.3 is 15.3 Å². The normalized spacial score (nSPS) is 10.9. The van der Waals surface area contributed by atoms with Gasteiger partial charge in [-0.1, -0.05) is 23.2 Å². The van der Waals surface area contributed by atoms with Gasteiger partial charge in [-0.2, -0.15) is 8.42 Å². The number of rotatable bonds is 2. The molecule has 0 atom stereocenters. The van der Waals surface area contributed by atoms with Gasteiger partial charge in [0.05, 0.1) is 0 Å². The van der Waals surface area contributed by atoms with Crippen LogP contribution in [0.25, 0.3) is 0 Å². The van der Waals surface area contributed by atoms with E-state index in [-0.39, 0.29) is 16.3 Å². The fourth-order valence-electron chi connectivity index (χ4n) is 0.684. The van der Waals surface area contributed by atoms with Crippen molar-refractivity contribution in [1.82, 2.24) is 14.7 Å². The second-order valence-corrected chi connectivity index (χ2v) is 5.40. The highest BCUT2D eigenvalue weighted by Crippen LogP contribution is 2.13. The van der Waals surface area contributed by atoms with Crippen LogP contribution < -0.4 is 10.0 Å². The zero-order valence-electron chi connectivity index (χ0n) is 7.24. The first-order valence-electron chi connectivity index (χ1n) is 3.50. The second-order valence-electron chi connectivity index (χ2n) is 2.33. The summed E-state index contributed by atoms with van der Waals surface area (Å²) in [6.07, 6.45) is 0. The smallest absolute Gasteiger partial charge is 0.275 e. The van der Waals surface area contributed by atoms with E-state index in [2.05, 4.69) is 9.97 Å². The molecule has 0 unspecified atom stereocenters. The Labute approximate surface area is 105 Å². The van der Waals surface area contributed by atoms with Crippen LogP contribution in [-0.2, 0) is 9.24 Å². The van der Waals surface area contributed by atoms with Crippen molar-refractivity contribution in [3.05, 3.63) is 16.4 Å². The molecule has 0 spiro atoms. The van der Waals surface area contributed by atoms with Crippen LogP contribution in [-0.4, -0.2) is 24.4 Å². The standard InChI is InChI=1S/C5H3Cl3N4O3S/c6-2-1-3(7)10-4(9-2)11-5(13)12-16(8,14)15/h1H,(H2,9,10,11,12,13). The minimum atomic E-state index is -4.18. The van der Waals surface area contributed by atoms with Gasteiger partial charge in [0, 0.05) is 16.7 Å². The lowest BCUT2D eigenvalue weighted by Gasteiger charge is -2.03. The number of carbonyl (C=O) groups excluding carboxylic acids is 1. The van der Waals surface area contributed by atoms with Crippen molar-refractivity contribution in [2.45, 2.75) is 0 Å². The third kappa shape index (κ3) is 4.79. The zero-order chi connectivity index (χ0) is 12.3. The summed E-state index contributed by atoms with van der Waals surface area (Å²) in [6.45, 7) is 0. The molecular formula is C5H3Cl3N4O3S. The molecule has 88 valence electrons. The van der Waals surface area contributed by atoms with E-state index in [1.807, 2.05) is 5.32 Å². The maximum Gasteiger partial charge on any atom is 0.336 e. The topological polar surface area (TPSA) is 101 Å². The largest absolute Gasteiger partial charge is 0.336 e. The Morgan fingerprint density at radius 2 is 1.75 bits per heavy atom. The van der Waals surface area contributed by atoms with Crippen LogP contribution >= 0.6 is 33.9 Å². The molecule has 0 aromatic carbocycles. The van der Waals surface area contributed by atoms with Gasteiger partial charge in [-0.15, -0.1) is 0 Å². The minimum absolute atomic E-state index is 0.0102. The van der Waals surface area contributed by atoms with Crippen LogP contribution in [0, 0.1) is 0 Å². The molecule has 1 heterocycles. The summed E-state index contributed by atoms with van der Waals surface area (Å²) in [4.78, 5) is 18.1. The van der Waals surface area contributed by atoms with Gasteiger partial charge in [0.25, 0.3) is 0 Å². The monoisotopic (exact) mass is 304 g/mol. The van der Waals surface area contributed by atoms with E-state index < -0.39 is 15.3 Å². The number of hydrogen-bond donors (Lipinski definition) is 2. The van der Waals surface area contributed by atoms with Gasteiger partial charge in [0.2, 0.25) is 5.95 Å². The second kappa shape index (κ2) is 5.00. The van der Waals surface area contributed by atoms with Crippen LogP contribution in [0.1, 0.15) is 0 Å². The Balaban J connectivity index is 2.77. The molecule has 2 N–H and O–H groups in total. The summed E-state index contributed by atoms with van der Waals surface area (Å²) < 4.78 is 22.4. The number of amides is 2. The molecular weight excluding hydrogens is 303 g/mol. The molecule has 0 aliphatic heterocycles. The first kappa shape index (κ1) is 13.2. The molecule has 0 aliphatic rings. The number of nitrogens with zero attached hydrogens (tertiary/aromatic N) is 2. The molecule has 2 amide bonds. The molecule has 1 aromatic heterocycles. The highest BCUT2D eigenvalue weighted by molar-refractivity contribution is 8.12. The summed E-state index contributed by atoms with van der Waals surface area (Å²) in [5, 5.41) is 1.96. The lowest BCUT2D eigenvalue weighted by Crippen LogP contribution is -2.31. The molecule has 16 heavy (non-hydrogen) atoms. The van der Waals surface area contributed by atoms with Crippen LogP contribution in [0.2, 0.25) is 10.3 Å². The van der Waals surface area contributed by atoms with Crippen LogP contribution in [0.15, 0.2) is 6.07 Å². The van der Waals surface area contributed by atoms with E-state index in [0.29, 0.717) is 0 Å². The lowest BCUT2D eigenvalue weighted by atomic mass is 10.6. The number of halogens is 3. The fraction of sp³-hybridized carbons (Fsp3) is 0. The number of nitrogens with one attached hydrogen (secondary N) is 2. The van der Waals surface area contributed by atoms with Crippen molar-refractivity contribution in [2.24, 2.45) is 0 Å². The quantitative estimate of drug-likeness (QED) is 0.635. The van der Waals surface area contributed by atoms with E-state index in [9.17, 15) is 13.2 Å². The fourth-order valence-corrected chi connectivity index (χ4v) is 1.59. The third-order valence-corrected chi connectivity index (χ3v) is 2.15. The molecule has 1 aromatic rings. The number of urea groups is 1. The van der Waals surface area contributed by atoms with Gasteiger partial charge in [-0.25, -0.2) is 19.5 Å². The molecule has 1 rings (SSSR count). The van der Waals surface area contributed by atoms with Crippen molar-refractivity contribution < 1.29 is 13.2 Å². The van der Waals surface area contributed by atoms with Crippen molar-refractivity contribution in [3.8, 4) is 0 Å². The van der Waals surface area contributed by atoms with Crippen LogP contribution in [0.4, 0.5) is 10.7 Å². The van der Waals surface area contributed by atoms with E-state index in [1.165, 1.54) is 10.8 Å².